The molecule has 3 heterocycles. The van der Waals surface area contributed by atoms with Crippen LogP contribution < -0.4 is 5.32 Å². The summed E-state index contributed by atoms with van der Waals surface area (Å²) in [6.45, 7) is 1.09. The summed E-state index contributed by atoms with van der Waals surface area (Å²) >= 11 is 0. The average Bonchev–Trinajstić information content (AvgIpc) is 3.58. The van der Waals surface area contributed by atoms with Gasteiger partial charge in [-0.15, -0.1) is 0 Å². The largest absolute Gasteiger partial charge is 0.348 e. The molecule has 35 heavy (non-hydrogen) atoms. The maximum atomic E-state index is 12.5. The zero-order valence-electron chi connectivity index (χ0n) is 18.9. The molecule has 0 fully saturated rings. The van der Waals surface area contributed by atoms with Gasteiger partial charge in [-0.2, -0.15) is 10.2 Å². The topological polar surface area (TPSA) is 90.5 Å². The van der Waals surface area contributed by atoms with Gasteiger partial charge in [-0.1, -0.05) is 42.5 Å². The molecule has 5 rings (SSSR count). The fourth-order valence-corrected chi connectivity index (χ4v) is 3.63. The average molecular weight is 462 g/mol. The van der Waals surface area contributed by atoms with Crippen molar-refractivity contribution in [2.45, 2.75) is 13.1 Å². The van der Waals surface area contributed by atoms with E-state index < -0.39 is 0 Å². The maximum absolute atomic E-state index is 12.5. The molecule has 1 amide bonds. The van der Waals surface area contributed by atoms with Gasteiger partial charge in [0.2, 0.25) is 5.91 Å². The first-order valence-electron chi connectivity index (χ1n) is 11.2. The highest BCUT2D eigenvalue weighted by molar-refractivity contribution is 5.92. The van der Waals surface area contributed by atoms with E-state index in [-0.39, 0.29) is 5.91 Å². The number of para-hydroxylation sites is 1. The second kappa shape index (κ2) is 10.4. The van der Waals surface area contributed by atoms with Crippen molar-refractivity contribution in [3.8, 4) is 16.9 Å². The number of rotatable bonds is 8. The third-order valence-corrected chi connectivity index (χ3v) is 5.41. The first-order chi connectivity index (χ1) is 17.2. The van der Waals surface area contributed by atoms with E-state index in [9.17, 15) is 4.79 Å². The molecule has 8 heteroatoms. The molecule has 0 spiro atoms. The number of amides is 1. The molecular formula is C27H23N7O. The van der Waals surface area contributed by atoms with Crippen LogP contribution in [0, 0.1) is 0 Å². The number of carbonyl (C=O) groups excluding carboxylic acids is 1. The van der Waals surface area contributed by atoms with Gasteiger partial charge >= 0.3 is 0 Å². The summed E-state index contributed by atoms with van der Waals surface area (Å²) in [4.78, 5) is 20.7. The maximum Gasteiger partial charge on any atom is 0.244 e. The molecule has 0 aliphatic heterocycles. The summed E-state index contributed by atoms with van der Waals surface area (Å²) < 4.78 is 3.57. The number of nitrogens with zero attached hydrogens (tertiary/aromatic N) is 6. The van der Waals surface area contributed by atoms with Crippen molar-refractivity contribution in [3.63, 3.8) is 0 Å². The fourth-order valence-electron chi connectivity index (χ4n) is 3.63. The van der Waals surface area contributed by atoms with Crippen molar-refractivity contribution in [3.05, 3.63) is 121 Å². The Morgan fingerprint density at radius 3 is 2.51 bits per heavy atom. The molecular weight excluding hydrogens is 438 g/mol. The molecule has 1 N–H and O–H groups in total. The number of aromatic nitrogens is 6. The summed E-state index contributed by atoms with van der Waals surface area (Å²) in [5.41, 5.74) is 5.54. The van der Waals surface area contributed by atoms with E-state index in [1.807, 2.05) is 72.9 Å². The van der Waals surface area contributed by atoms with E-state index in [4.69, 9.17) is 5.10 Å². The zero-order chi connectivity index (χ0) is 23.9. The highest BCUT2D eigenvalue weighted by Crippen LogP contribution is 2.24. The van der Waals surface area contributed by atoms with E-state index in [1.54, 1.807) is 34.2 Å². The normalized spacial score (nSPS) is 11.1. The van der Waals surface area contributed by atoms with E-state index in [2.05, 4.69) is 20.4 Å². The van der Waals surface area contributed by atoms with Crippen LogP contribution in [0.3, 0.4) is 0 Å². The van der Waals surface area contributed by atoms with Gasteiger partial charge in [0.05, 0.1) is 12.2 Å². The van der Waals surface area contributed by atoms with E-state index in [1.165, 1.54) is 12.4 Å². The molecule has 0 saturated heterocycles. The quantitative estimate of drug-likeness (QED) is 0.354. The van der Waals surface area contributed by atoms with Gasteiger partial charge in [0.1, 0.15) is 18.3 Å². The van der Waals surface area contributed by atoms with Crippen molar-refractivity contribution >= 4 is 12.0 Å². The Kier molecular flexibility index (Phi) is 6.52. The first-order valence-corrected chi connectivity index (χ1v) is 11.2. The fraction of sp³-hybridized carbons (Fsp3) is 0.0741. The number of nitrogens with one attached hydrogen (secondary N) is 1. The zero-order valence-corrected chi connectivity index (χ0v) is 18.9. The third kappa shape index (κ3) is 5.56. The van der Waals surface area contributed by atoms with Crippen molar-refractivity contribution in [2.75, 3.05) is 0 Å². The predicted octanol–water partition coefficient (Wildman–Crippen LogP) is 3.90. The molecule has 0 aliphatic rings. The summed E-state index contributed by atoms with van der Waals surface area (Å²) in [5, 5.41) is 11.8. The lowest BCUT2D eigenvalue weighted by molar-refractivity contribution is -0.116. The number of benzene rings is 2. The Hall–Kier alpha value is -4.85. The van der Waals surface area contributed by atoms with Crippen LogP contribution in [-0.2, 0) is 17.9 Å². The van der Waals surface area contributed by atoms with E-state index >= 15 is 0 Å². The minimum atomic E-state index is -0.179. The Morgan fingerprint density at radius 1 is 0.943 bits per heavy atom. The Labute approximate surface area is 202 Å². The molecule has 0 atom stereocenters. The lowest BCUT2D eigenvalue weighted by atomic mass is 10.1. The van der Waals surface area contributed by atoms with Crippen molar-refractivity contribution in [1.82, 2.24) is 34.8 Å². The van der Waals surface area contributed by atoms with Gasteiger partial charge in [0.25, 0.3) is 0 Å². The second-order valence-electron chi connectivity index (χ2n) is 7.92. The molecule has 0 aliphatic carbocycles. The van der Waals surface area contributed by atoms with Gasteiger partial charge in [0.15, 0.2) is 0 Å². The number of hydrogen-bond donors (Lipinski definition) is 1. The highest BCUT2D eigenvalue weighted by atomic mass is 16.1. The van der Waals surface area contributed by atoms with Crippen molar-refractivity contribution in [2.24, 2.45) is 0 Å². The summed E-state index contributed by atoms with van der Waals surface area (Å²) in [6.07, 6.45) is 11.9. The van der Waals surface area contributed by atoms with Crippen LogP contribution in [0.5, 0.6) is 0 Å². The molecule has 0 radical (unpaired) electrons. The number of hydrogen-bond acceptors (Lipinski definition) is 5. The van der Waals surface area contributed by atoms with E-state index in [0.717, 1.165) is 33.6 Å². The lowest BCUT2D eigenvalue weighted by Gasteiger charge is -2.05. The first kappa shape index (κ1) is 22.0. The number of pyridine rings is 1. The van der Waals surface area contributed by atoms with Crippen LogP contribution in [-0.4, -0.2) is 35.4 Å². The molecule has 5 aromatic rings. The molecule has 0 bridgehead atoms. The SMILES string of the molecule is O=C(/C=C/c1cn(-c2ccccc2)nc1-c1cccnc1)NCc1ccc(Cn2cncn2)cc1. The molecule has 3 aromatic heterocycles. The highest BCUT2D eigenvalue weighted by Gasteiger charge is 2.11. The van der Waals surface area contributed by atoms with Crippen LogP contribution in [0.25, 0.3) is 23.0 Å². The van der Waals surface area contributed by atoms with Gasteiger partial charge in [-0.25, -0.2) is 14.3 Å². The van der Waals surface area contributed by atoms with Crippen LogP contribution in [0.4, 0.5) is 0 Å². The molecule has 8 nitrogen and oxygen atoms in total. The molecule has 2 aromatic carbocycles. The third-order valence-electron chi connectivity index (χ3n) is 5.41. The molecule has 0 unspecified atom stereocenters. The Balaban J connectivity index is 1.26. The summed E-state index contributed by atoms with van der Waals surface area (Å²) in [7, 11) is 0. The van der Waals surface area contributed by atoms with Gasteiger partial charge < -0.3 is 5.32 Å². The van der Waals surface area contributed by atoms with E-state index in [0.29, 0.717) is 13.1 Å². The minimum Gasteiger partial charge on any atom is -0.348 e. The Bertz CT molecular complexity index is 1410. The van der Waals surface area contributed by atoms with Crippen LogP contribution in [0.2, 0.25) is 0 Å². The van der Waals surface area contributed by atoms with Crippen molar-refractivity contribution in [1.29, 1.82) is 0 Å². The minimum absolute atomic E-state index is 0.179. The van der Waals surface area contributed by atoms with Crippen molar-refractivity contribution < 1.29 is 4.79 Å². The lowest BCUT2D eigenvalue weighted by Crippen LogP contribution is -2.20. The van der Waals surface area contributed by atoms with Gasteiger partial charge in [-0.05, 0) is 41.5 Å². The summed E-state index contributed by atoms with van der Waals surface area (Å²) in [5.74, 6) is -0.179. The van der Waals surface area contributed by atoms with Gasteiger partial charge in [0, 0.05) is 42.3 Å². The smallest absolute Gasteiger partial charge is 0.244 e. The standard InChI is InChI=1S/C27H23N7O/c35-26(30-15-21-8-10-22(11-9-21)17-33-20-29-19-31-33)13-12-24-18-34(25-6-2-1-3-7-25)32-27(24)23-5-4-14-28-16-23/h1-14,16,18-20H,15,17H2,(H,30,35)/b13-12+. The second-order valence-corrected chi connectivity index (χ2v) is 7.92. The predicted molar refractivity (Wildman–Crippen MR) is 133 cm³/mol. The Morgan fingerprint density at radius 2 is 1.77 bits per heavy atom. The monoisotopic (exact) mass is 461 g/mol. The number of carbonyl (C=O) groups is 1. The summed E-state index contributed by atoms with van der Waals surface area (Å²) in [6, 6.07) is 21.7. The van der Waals surface area contributed by atoms with Gasteiger partial charge in [-0.3, -0.25) is 9.78 Å². The van der Waals surface area contributed by atoms with Crippen LogP contribution in [0.1, 0.15) is 16.7 Å². The molecule has 172 valence electrons. The van der Waals surface area contributed by atoms with Crippen LogP contribution >= 0.6 is 0 Å². The molecule has 0 saturated carbocycles. The van der Waals surface area contributed by atoms with Crippen LogP contribution in [0.15, 0.2) is 104 Å².